The monoisotopic (exact) mass is 646 g/mol. The van der Waals surface area contributed by atoms with Gasteiger partial charge in [-0.25, -0.2) is 17.6 Å². The van der Waals surface area contributed by atoms with E-state index in [4.69, 9.17) is 25.8 Å². The zero-order valence-electron chi connectivity index (χ0n) is 24.6. The summed E-state index contributed by atoms with van der Waals surface area (Å²) in [5.74, 6) is -3.28. The van der Waals surface area contributed by atoms with Crippen LogP contribution in [0.4, 0.5) is 4.39 Å². The molecule has 232 valence electrons. The fourth-order valence-electron chi connectivity index (χ4n) is 6.32. The number of hydrogen-bond acceptors (Lipinski definition) is 6. The number of esters is 1. The molecule has 9 heteroatoms. The molecule has 6 nitrogen and oxygen atoms in total. The molecule has 0 amide bonds. The molecule has 3 atom stereocenters. The Labute approximate surface area is 267 Å². The summed E-state index contributed by atoms with van der Waals surface area (Å²) in [6.07, 6.45) is 0.996. The molecule has 1 aliphatic heterocycles. The first kappa shape index (κ1) is 31.2. The van der Waals surface area contributed by atoms with E-state index >= 15 is 0 Å². The first-order valence-corrected chi connectivity index (χ1v) is 16.9. The first-order chi connectivity index (χ1) is 21.7. The third-order valence-corrected chi connectivity index (χ3v) is 10.7. The van der Waals surface area contributed by atoms with Crippen molar-refractivity contribution in [3.8, 4) is 0 Å². The van der Waals surface area contributed by atoms with Gasteiger partial charge in [0.25, 0.3) is 0 Å². The van der Waals surface area contributed by atoms with Crippen molar-refractivity contribution in [2.24, 2.45) is 0 Å². The van der Waals surface area contributed by atoms with Gasteiger partial charge in [0.2, 0.25) is 0 Å². The van der Waals surface area contributed by atoms with E-state index in [2.05, 4.69) is 0 Å². The molecule has 1 saturated heterocycles. The molecule has 4 aromatic rings. The maximum Gasteiger partial charge on any atom is 0.335 e. The van der Waals surface area contributed by atoms with E-state index in [-0.39, 0.29) is 35.6 Å². The standard InChI is InChI=1S/C36H32ClFO6S/c1-2-42-34(39)30-23-35(21-20-32(30)45(40,41)24-26-18-19-29(38)22-31(26)37)43-33(25-12-6-3-7-13-25)36(44-35,27-14-8-4-9-15-27)28-16-10-5-11-17-28/h3-19,22-23,32-33H,2,20-21,24H2,1H3/t32?,33-,35?/m1/s1. The Morgan fingerprint density at radius 1 is 0.933 bits per heavy atom. The van der Waals surface area contributed by atoms with Crippen LogP contribution in [-0.2, 0) is 40.2 Å². The Kier molecular flexibility index (Phi) is 8.68. The molecule has 0 N–H and O–H groups in total. The molecule has 1 heterocycles. The highest BCUT2D eigenvalue weighted by molar-refractivity contribution is 7.91. The fourth-order valence-corrected chi connectivity index (χ4v) is 8.55. The van der Waals surface area contributed by atoms with Gasteiger partial charge in [0.1, 0.15) is 11.9 Å². The van der Waals surface area contributed by atoms with E-state index in [0.717, 1.165) is 28.8 Å². The number of sulfone groups is 1. The molecule has 1 fully saturated rings. The summed E-state index contributed by atoms with van der Waals surface area (Å²) in [6.45, 7) is 1.70. The summed E-state index contributed by atoms with van der Waals surface area (Å²) in [4.78, 5) is 13.5. The Hall–Kier alpha value is -3.82. The minimum absolute atomic E-state index is 0.00353. The van der Waals surface area contributed by atoms with Crippen molar-refractivity contribution in [3.63, 3.8) is 0 Å². The molecule has 0 saturated carbocycles. The second kappa shape index (κ2) is 12.5. The largest absolute Gasteiger partial charge is 0.463 e. The summed E-state index contributed by atoms with van der Waals surface area (Å²) in [5, 5.41) is -1.22. The second-order valence-electron chi connectivity index (χ2n) is 11.2. The van der Waals surface area contributed by atoms with Crippen molar-refractivity contribution in [1.82, 2.24) is 0 Å². The molecule has 0 aromatic heterocycles. The molecular weight excluding hydrogens is 615 g/mol. The summed E-state index contributed by atoms with van der Waals surface area (Å²) in [6, 6.07) is 32.7. The van der Waals surface area contributed by atoms with Crippen LogP contribution in [0, 0.1) is 5.82 Å². The molecule has 0 radical (unpaired) electrons. The number of carbonyl (C=O) groups is 1. The van der Waals surface area contributed by atoms with Crippen LogP contribution in [0.25, 0.3) is 0 Å². The van der Waals surface area contributed by atoms with Gasteiger partial charge in [0.05, 0.1) is 23.2 Å². The smallest absolute Gasteiger partial charge is 0.335 e. The van der Waals surface area contributed by atoms with E-state index in [0.29, 0.717) is 0 Å². The van der Waals surface area contributed by atoms with Gasteiger partial charge in [-0.05, 0) is 53.8 Å². The maximum absolute atomic E-state index is 13.9. The molecule has 4 aromatic carbocycles. The van der Waals surface area contributed by atoms with E-state index in [1.54, 1.807) is 6.92 Å². The van der Waals surface area contributed by atoms with E-state index in [1.165, 1.54) is 12.1 Å². The van der Waals surface area contributed by atoms with Gasteiger partial charge >= 0.3 is 5.97 Å². The third kappa shape index (κ3) is 5.95. The van der Waals surface area contributed by atoms with Crippen LogP contribution in [-0.4, -0.2) is 32.0 Å². The van der Waals surface area contributed by atoms with Gasteiger partial charge in [0, 0.05) is 11.4 Å². The van der Waals surface area contributed by atoms with E-state index in [1.807, 2.05) is 91.0 Å². The summed E-state index contributed by atoms with van der Waals surface area (Å²) >= 11 is 6.19. The molecule has 1 spiro atoms. The number of benzene rings is 4. The lowest BCUT2D eigenvalue weighted by Crippen LogP contribution is -2.42. The van der Waals surface area contributed by atoms with Crippen LogP contribution in [0.3, 0.4) is 0 Å². The maximum atomic E-state index is 13.9. The molecule has 2 aliphatic rings. The number of rotatable bonds is 8. The topological polar surface area (TPSA) is 78.9 Å². The highest BCUT2D eigenvalue weighted by Crippen LogP contribution is 2.58. The highest BCUT2D eigenvalue weighted by atomic mass is 35.5. The van der Waals surface area contributed by atoms with Crippen LogP contribution in [0.1, 0.15) is 48.1 Å². The van der Waals surface area contributed by atoms with Crippen molar-refractivity contribution in [3.05, 3.63) is 154 Å². The zero-order chi connectivity index (χ0) is 31.7. The lowest BCUT2D eigenvalue weighted by atomic mass is 9.79. The van der Waals surface area contributed by atoms with Gasteiger partial charge in [-0.3, -0.25) is 0 Å². The average molecular weight is 647 g/mol. The van der Waals surface area contributed by atoms with E-state index in [9.17, 15) is 17.6 Å². The zero-order valence-corrected chi connectivity index (χ0v) is 26.1. The minimum atomic E-state index is -4.02. The predicted molar refractivity (Wildman–Crippen MR) is 170 cm³/mol. The Morgan fingerprint density at radius 3 is 2.11 bits per heavy atom. The van der Waals surface area contributed by atoms with Crippen LogP contribution < -0.4 is 0 Å². The van der Waals surface area contributed by atoms with Crippen LogP contribution in [0.2, 0.25) is 5.02 Å². The molecule has 6 rings (SSSR count). The summed E-state index contributed by atoms with van der Waals surface area (Å²) in [7, 11) is -4.02. The third-order valence-electron chi connectivity index (χ3n) is 8.32. The van der Waals surface area contributed by atoms with E-state index < -0.39 is 50.1 Å². The van der Waals surface area contributed by atoms with Crippen molar-refractivity contribution in [2.45, 2.75) is 48.3 Å². The number of carbonyl (C=O) groups excluding carboxylic acids is 1. The molecule has 45 heavy (non-hydrogen) atoms. The Morgan fingerprint density at radius 2 is 1.53 bits per heavy atom. The lowest BCUT2D eigenvalue weighted by Gasteiger charge is -2.37. The van der Waals surface area contributed by atoms with Gasteiger partial charge in [-0.1, -0.05) is 109 Å². The number of halogens is 2. The average Bonchev–Trinajstić information content (AvgIpc) is 3.39. The van der Waals surface area contributed by atoms with Crippen molar-refractivity contribution >= 4 is 27.4 Å². The molecular formula is C36H32ClFO6S. The molecule has 1 aliphatic carbocycles. The Bertz CT molecular complexity index is 1780. The first-order valence-electron chi connectivity index (χ1n) is 14.8. The van der Waals surface area contributed by atoms with Gasteiger partial charge in [-0.2, -0.15) is 0 Å². The molecule has 2 unspecified atom stereocenters. The summed E-state index contributed by atoms with van der Waals surface area (Å²) < 4.78 is 60.9. The normalized spacial score (nSPS) is 22.6. The van der Waals surface area contributed by atoms with Gasteiger partial charge in [0.15, 0.2) is 21.2 Å². The fraction of sp³-hybridized carbons (Fsp3) is 0.250. The van der Waals surface area contributed by atoms with Crippen molar-refractivity contribution < 1.29 is 31.8 Å². The van der Waals surface area contributed by atoms with Crippen molar-refractivity contribution in [1.29, 1.82) is 0 Å². The predicted octanol–water partition coefficient (Wildman–Crippen LogP) is 7.47. The van der Waals surface area contributed by atoms with Gasteiger partial charge in [-0.15, -0.1) is 0 Å². The second-order valence-corrected chi connectivity index (χ2v) is 13.8. The van der Waals surface area contributed by atoms with Crippen LogP contribution in [0.5, 0.6) is 0 Å². The number of hydrogen-bond donors (Lipinski definition) is 0. The lowest BCUT2D eigenvalue weighted by molar-refractivity contribution is -0.160. The highest BCUT2D eigenvalue weighted by Gasteiger charge is 2.60. The number of ether oxygens (including phenoxy) is 3. The Balaban J connectivity index is 1.49. The van der Waals surface area contributed by atoms with Crippen LogP contribution >= 0.6 is 11.6 Å². The summed E-state index contributed by atoms with van der Waals surface area (Å²) in [5.41, 5.74) is 1.57. The SMILES string of the molecule is CCOC(=O)C1=CC2(CCC1S(=O)(=O)Cc1ccc(F)cc1Cl)O[C@H](c1ccccc1)C(c1ccccc1)(c1ccccc1)O2. The van der Waals surface area contributed by atoms with Gasteiger partial charge < -0.3 is 14.2 Å². The minimum Gasteiger partial charge on any atom is -0.463 e. The van der Waals surface area contributed by atoms with Crippen molar-refractivity contribution in [2.75, 3.05) is 6.61 Å². The van der Waals surface area contributed by atoms with Crippen LogP contribution in [0.15, 0.2) is 121 Å². The molecule has 0 bridgehead atoms. The quantitative estimate of drug-likeness (QED) is 0.185.